The quantitative estimate of drug-likeness (QED) is 0.304. The zero-order chi connectivity index (χ0) is 27.3. The maximum atomic E-state index is 6.04. The maximum absolute atomic E-state index is 6.04. The molecule has 1 unspecified atom stereocenters. The first kappa shape index (κ1) is 29.9. The molecular formula is C33H52N4O2. The summed E-state index contributed by atoms with van der Waals surface area (Å²) < 4.78 is 11.9. The molecule has 0 spiro atoms. The van der Waals surface area contributed by atoms with Gasteiger partial charge < -0.3 is 29.1 Å². The Bertz CT molecular complexity index is 928. The van der Waals surface area contributed by atoms with Gasteiger partial charge >= 0.3 is 0 Å². The van der Waals surface area contributed by atoms with Crippen molar-refractivity contribution in [3.05, 3.63) is 59.7 Å². The average Bonchev–Trinajstić information content (AvgIpc) is 2.95. The van der Waals surface area contributed by atoms with Crippen molar-refractivity contribution in [1.29, 1.82) is 0 Å². The highest BCUT2D eigenvalue weighted by Crippen LogP contribution is 2.18. The zero-order valence-electron chi connectivity index (χ0n) is 24.8. The van der Waals surface area contributed by atoms with E-state index in [9.17, 15) is 0 Å². The lowest BCUT2D eigenvalue weighted by Gasteiger charge is -2.39. The van der Waals surface area contributed by atoms with E-state index in [4.69, 9.17) is 9.47 Å². The van der Waals surface area contributed by atoms with Gasteiger partial charge in [0, 0.05) is 51.9 Å². The normalized spacial score (nSPS) is 19.8. The summed E-state index contributed by atoms with van der Waals surface area (Å²) in [4.78, 5) is 10.2. The Labute approximate surface area is 237 Å². The van der Waals surface area contributed by atoms with E-state index in [2.05, 4.69) is 89.1 Å². The van der Waals surface area contributed by atoms with E-state index in [-0.39, 0.29) is 0 Å². The van der Waals surface area contributed by atoms with Gasteiger partial charge in [-0.05, 0) is 102 Å². The molecule has 2 aliphatic heterocycles. The van der Waals surface area contributed by atoms with Gasteiger partial charge in [0.05, 0.1) is 13.2 Å². The van der Waals surface area contributed by atoms with E-state index in [1.54, 1.807) is 0 Å². The molecule has 2 aromatic rings. The summed E-state index contributed by atoms with van der Waals surface area (Å²) in [6.07, 6.45) is 7.03. The monoisotopic (exact) mass is 536 g/mol. The van der Waals surface area contributed by atoms with Gasteiger partial charge in [0.15, 0.2) is 0 Å². The second kappa shape index (κ2) is 16.2. The number of ether oxygens (including phenoxy) is 2. The Hall–Kier alpha value is -2.12. The van der Waals surface area contributed by atoms with Crippen LogP contribution in [-0.2, 0) is 6.42 Å². The fraction of sp³-hybridized carbons (Fsp3) is 0.636. The molecule has 2 aromatic carbocycles. The molecule has 0 aliphatic carbocycles. The summed E-state index contributed by atoms with van der Waals surface area (Å²) in [6, 6.07) is 17.8. The summed E-state index contributed by atoms with van der Waals surface area (Å²) in [5.74, 6) is 1.98. The third-order valence-corrected chi connectivity index (χ3v) is 8.40. The van der Waals surface area contributed by atoms with Crippen molar-refractivity contribution in [2.45, 2.75) is 51.5 Å². The molecule has 0 radical (unpaired) electrons. The molecule has 0 bridgehead atoms. The van der Waals surface area contributed by atoms with Crippen LogP contribution in [0.2, 0.25) is 0 Å². The summed E-state index contributed by atoms with van der Waals surface area (Å²) in [5, 5.41) is 0. The number of aryl methyl sites for hydroxylation is 1. The topological polar surface area (TPSA) is 31.4 Å². The van der Waals surface area contributed by atoms with Crippen LogP contribution in [0, 0.1) is 6.92 Å². The average molecular weight is 537 g/mol. The van der Waals surface area contributed by atoms with Crippen molar-refractivity contribution < 1.29 is 9.47 Å². The number of piperazine rings is 2. The Morgan fingerprint density at radius 3 is 1.90 bits per heavy atom. The molecule has 0 amide bonds. The Morgan fingerprint density at radius 1 is 0.641 bits per heavy atom. The highest BCUT2D eigenvalue weighted by Gasteiger charge is 2.24. The predicted octanol–water partition coefficient (Wildman–Crippen LogP) is 4.81. The van der Waals surface area contributed by atoms with Crippen molar-refractivity contribution >= 4 is 0 Å². The van der Waals surface area contributed by atoms with Crippen LogP contribution in [0.5, 0.6) is 11.5 Å². The van der Waals surface area contributed by atoms with E-state index < -0.39 is 0 Å². The van der Waals surface area contributed by atoms with Crippen LogP contribution in [0.15, 0.2) is 48.5 Å². The van der Waals surface area contributed by atoms with E-state index in [1.807, 2.05) is 0 Å². The first-order chi connectivity index (χ1) is 19.0. The fourth-order valence-electron chi connectivity index (χ4n) is 5.57. The maximum Gasteiger partial charge on any atom is 0.119 e. The molecule has 39 heavy (non-hydrogen) atoms. The van der Waals surface area contributed by atoms with Gasteiger partial charge in [0.1, 0.15) is 11.5 Å². The van der Waals surface area contributed by atoms with Gasteiger partial charge in [0.25, 0.3) is 0 Å². The fourth-order valence-corrected chi connectivity index (χ4v) is 5.57. The highest BCUT2D eigenvalue weighted by molar-refractivity contribution is 5.28. The Morgan fingerprint density at radius 2 is 1.21 bits per heavy atom. The number of hydrogen-bond acceptors (Lipinski definition) is 6. The standard InChI is InChI=1S/C33H52N4O2/c1-29-9-13-32(14-10-29)39-26-8-6-18-37-24-21-35(3)31(28-37)27-30-11-15-33(16-12-30)38-25-7-4-5-17-36-22-19-34(2)20-23-36/h9-16,31H,4-8,17-28H2,1-3H3. The van der Waals surface area contributed by atoms with Gasteiger partial charge in [-0.15, -0.1) is 0 Å². The number of rotatable bonds is 15. The van der Waals surface area contributed by atoms with Crippen molar-refractivity contribution in [2.75, 3.05) is 86.2 Å². The molecule has 2 saturated heterocycles. The summed E-state index contributed by atoms with van der Waals surface area (Å²) in [7, 11) is 4.50. The lowest BCUT2D eigenvalue weighted by atomic mass is 10.0. The highest BCUT2D eigenvalue weighted by atomic mass is 16.5. The van der Waals surface area contributed by atoms with E-state index in [0.29, 0.717) is 6.04 Å². The van der Waals surface area contributed by atoms with Crippen LogP contribution < -0.4 is 9.47 Å². The number of benzene rings is 2. The molecule has 0 saturated carbocycles. The lowest BCUT2D eigenvalue weighted by molar-refractivity contribution is 0.0932. The minimum Gasteiger partial charge on any atom is -0.494 e. The van der Waals surface area contributed by atoms with Crippen LogP contribution in [0.1, 0.15) is 43.2 Å². The molecular weight excluding hydrogens is 484 g/mol. The molecule has 1 atom stereocenters. The summed E-state index contributed by atoms with van der Waals surface area (Å²) in [6.45, 7) is 14.4. The molecule has 0 N–H and O–H groups in total. The van der Waals surface area contributed by atoms with Crippen LogP contribution in [-0.4, -0.2) is 112 Å². The first-order valence-corrected chi connectivity index (χ1v) is 15.3. The van der Waals surface area contributed by atoms with Crippen LogP contribution in [0.3, 0.4) is 0 Å². The van der Waals surface area contributed by atoms with Crippen LogP contribution >= 0.6 is 0 Å². The third-order valence-electron chi connectivity index (χ3n) is 8.40. The molecule has 4 rings (SSSR count). The van der Waals surface area contributed by atoms with Gasteiger partial charge in [-0.25, -0.2) is 0 Å². The van der Waals surface area contributed by atoms with Gasteiger partial charge in [0.2, 0.25) is 0 Å². The SMILES string of the molecule is Cc1ccc(OCCCCN2CCN(C)C(Cc3ccc(OCCCCCN4CCN(C)CC4)cc3)C2)cc1. The van der Waals surface area contributed by atoms with Crippen molar-refractivity contribution in [3.8, 4) is 11.5 Å². The molecule has 2 aliphatic rings. The smallest absolute Gasteiger partial charge is 0.119 e. The van der Waals surface area contributed by atoms with E-state index in [0.717, 1.165) is 70.2 Å². The van der Waals surface area contributed by atoms with Crippen molar-refractivity contribution in [3.63, 3.8) is 0 Å². The zero-order valence-corrected chi connectivity index (χ0v) is 24.8. The number of hydrogen-bond donors (Lipinski definition) is 0. The molecule has 6 nitrogen and oxygen atoms in total. The summed E-state index contributed by atoms with van der Waals surface area (Å²) in [5.41, 5.74) is 2.67. The molecule has 216 valence electrons. The van der Waals surface area contributed by atoms with Gasteiger partial charge in [-0.2, -0.15) is 0 Å². The molecule has 2 heterocycles. The Balaban J connectivity index is 1.07. The minimum atomic E-state index is 0.564. The van der Waals surface area contributed by atoms with Crippen LogP contribution in [0.25, 0.3) is 0 Å². The largest absolute Gasteiger partial charge is 0.494 e. The second-order valence-electron chi connectivity index (χ2n) is 11.7. The third kappa shape index (κ3) is 10.8. The molecule has 6 heteroatoms. The van der Waals surface area contributed by atoms with Crippen molar-refractivity contribution in [1.82, 2.24) is 19.6 Å². The Kier molecular flexibility index (Phi) is 12.4. The molecule has 0 aromatic heterocycles. The molecule has 2 fully saturated rings. The second-order valence-corrected chi connectivity index (χ2v) is 11.7. The van der Waals surface area contributed by atoms with Gasteiger partial charge in [-0.3, -0.25) is 0 Å². The van der Waals surface area contributed by atoms with E-state index in [1.165, 1.54) is 63.1 Å². The summed E-state index contributed by atoms with van der Waals surface area (Å²) >= 11 is 0. The van der Waals surface area contributed by atoms with E-state index >= 15 is 0 Å². The van der Waals surface area contributed by atoms with Gasteiger partial charge in [-0.1, -0.05) is 29.8 Å². The lowest BCUT2D eigenvalue weighted by Crippen LogP contribution is -2.52. The van der Waals surface area contributed by atoms with Crippen LogP contribution in [0.4, 0.5) is 0 Å². The number of unbranched alkanes of at least 4 members (excludes halogenated alkanes) is 3. The predicted molar refractivity (Wildman–Crippen MR) is 162 cm³/mol. The first-order valence-electron chi connectivity index (χ1n) is 15.3. The number of likely N-dealkylation sites (N-methyl/N-ethyl adjacent to an activating group) is 2. The minimum absolute atomic E-state index is 0.564. The number of nitrogens with zero attached hydrogens (tertiary/aromatic N) is 4. The van der Waals surface area contributed by atoms with Crippen molar-refractivity contribution in [2.24, 2.45) is 0 Å².